The van der Waals surface area contributed by atoms with Crippen molar-refractivity contribution in [3.63, 3.8) is 0 Å². The molecule has 4 unspecified atom stereocenters. The van der Waals surface area contributed by atoms with E-state index in [4.69, 9.17) is 5.26 Å². The number of nitriles is 1. The van der Waals surface area contributed by atoms with Crippen molar-refractivity contribution in [2.45, 2.75) is 57.0 Å². The Balaban J connectivity index is 1.89. The molecule has 2 aliphatic carbocycles. The predicted octanol–water partition coefficient (Wildman–Crippen LogP) is 1.82. The van der Waals surface area contributed by atoms with Gasteiger partial charge in [-0.25, -0.2) is 0 Å². The van der Waals surface area contributed by atoms with Crippen LogP contribution in [0.3, 0.4) is 0 Å². The van der Waals surface area contributed by atoms with Gasteiger partial charge in [0.15, 0.2) is 0 Å². The molecular formula is C13H22N2O. The molecule has 0 saturated heterocycles. The summed E-state index contributed by atoms with van der Waals surface area (Å²) in [6.07, 6.45) is 8.14. The molecule has 3 nitrogen and oxygen atoms in total. The Hall–Kier alpha value is -0.590. The van der Waals surface area contributed by atoms with Crippen molar-refractivity contribution in [1.82, 2.24) is 5.32 Å². The fraction of sp³-hybridized carbons (Fsp3) is 0.923. The lowest BCUT2D eigenvalue weighted by molar-refractivity contribution is 0.185. The van der Waals surface area contributed by atoms with Crippen LogP contribution in [-0.2, 0) is 0 Å². The zero-order chi connectivity index (χ0) is 11.4. The molecule has 3 heteroatoms. The Morgan fingerprint density at radius 1 is 1.06 bits per heavy atom. The van der Waals surface area contributed by atoms with Gasteiger partial charge in [0.25, 0.3) is 0 Å². The number of aliphatic hydroxyl groups excluding tert-OH is 1. The highest BCUT2D eigenvalue weighted by atomic mass is 16.3. The minimum absolute atomic E-state index is 0.189. The second-order valence-corrected chi connectivity index (χ2v) is 5.27. The Morgan fingerprint density at radius 3 is 2.56 bits per heavy atom. The van der Waals surface area contributed by atoms with Gasteiger partial charge in [-0.1, -0.05) is 19.3 Å². The van der Waals surface area contributed by atoms with Crippen LogP contribution in [0, 0.1) is 23.2 Å². The molecule has 0 aromatic heterocycles. The van der Waals surface area contributed by atoms with Crippen molar-refractivity contribution in [3.8, 4) is 6.07 Å². The van der Waals surface area contributed by atoms with Crippen LogP contribution >= 0.6 is 0 Å². The van der Waals surface area contributed by atoms with E-state index in [1.54, 1.807) is 0 Å². The van der Waals surface area contributed by atoms with Gasteiger partial charge < -0.3 is 10.4 Å². The van der Waals surface area contributed by atoms with Crippen LogP contribution in [0.2, 0.25) is 0 Å². The summed E-state index contributed by atoms with van der Waals surface area (Å²) in [5, 5.41) is 22.0. The molecular weight excluding hydrogens is 200 g/mol. The lowest BCUT2D eigenvalue weighted by atomic mass is 9.84. The molecule has 2 rings (SSSR count). The van der Waals surface area contributed by atoms with E-state index < -0.39 is 0 Å². The lowest BCUT2D eigenvalue weighted by Crippen LogP contribution is -2.46. The molecule has 16 heavy (non-hydrogen) atoms. The molecule has 0 heterocycles. The number of nitrogens with one attached hydrogen (secondary N) is 1. The van der Waals surface area contributed by atoms with Gasteiger partial charge >= 0.3 is 0 Å². The summed E-state index contributed by atoms with van der Waals surface area (Å²) in [6, 6.07) is 3.26. The SMILES string of the molecule is N#CC1CCCCC1NC1CCCC1CO. The van der Waals surface area contributed by atoms with Crippen LogP contribution in [0.5, 0.6) is 0 Å². The van der Waals surface area contributed by atoms with Crippen molar-refractivity contribution < 1.29 is 5.11 Å². The van der Waals surface area contributed by atoms with Crippen molar-refractivity contribution in [2.75, 3.05) is 6.61 Å². The topological polar surface area (TPSA) is 56.0 Å². The van der Waals surface area contributed by atoms with Crippen LogP contribution in [0.4, 0.5) is 0 Å². The third-order valence-corrected chi connectivity index (χ3v) is 4.25. The monoisotopic (exact) mass is 222 g/mol. The second kappa shape index (κ2) is 5.65. The van der Waals surface area contributed by atoms with Gasteiger partial charge in [0, 0.05) is 18.7 Å². The first-order valence-corrected chi connectivity index (χ1v) is 6.61. The van der Waals surface area contributed by atoms with E-state index in [9.17, 15) is 5.11 Å². The zero-order valence-electron chi connectivity index (χ0n) is 9.86. The largest absolute Gasteiger partial charge is 0.396 e. The number of nitrogens with zero attached hydrogens (tertiary/aromatic N) is 1. The van der Waals surface area contributed by atoms with Gasteiger partial charge in [0.2, 0.25) is 0 Å². The maximum absolute atomic E-state index is 9.28. The molecule has 0 bridgehead atoms. The van der Waals surface area contributed by atoms with Crippen LogP contribution in [0.1, 0.15) is 44.9 Å². The van der Waals surface area contributed by atoms with Gasteiger partial charge in [-0.2, -0.15) is 5.26 Å². The summed E-state index contributed by atoms with van der Waals surface area (Å²) in [5.41, 5.74) is 0. The molecule has 2 aliphatic rings. The van der Waals surface area contributed by atoms with Gasteiger partial charge in [-0.3, -0.25) is 0 Å². The fourth-order valence-corrected chi connectivity index (χ4v) is 3.23. The van der Waals surface area contributed by atoms with Crippen molar-refractivity contribution in [3.05, 3.63) is 0 Å². The highest BCUT2D eigenvalue weighted by molar-refractivity contribution is 4.97. The highest BCUT2D eigenvalue weighted by Gasteiger charge is 2.32. The molecule has 0 amide bonds. The summed E-state index contributed by atoms with van der Waals surface area (Å²) >= 11 is 0. The standard InChI is InChI=1S/C13H22N2O/c14-8-10-4-1-2-6-12(10)15-13-7-3-5-11(13)9-16/h10-13,15-16H,1-7,9H2. The average molecular weight is 222 g/mol. The molecule has 2 saturated carbocycles. The first-order valence-electron chi connectivity index (χ1n) is 6.61. The number of aliphatic hydroxyl groups is 1. The van der Waals surface area contributed by atoms with E-state index in [0.29, 0.717) is 24.6 Å². The van der Waals surface area contributed by atoms with E-state index in [2.05, 4.69) is 11.4 Å². The second-order valence-electron chi connectivity index (χ2n) is 5.27. The van der Waals surface area contributed by atoms with Gasteiger partial charge in [-0.05, 0) is 31.6 Å². The van der Waals surface area contributed by atoms with Crippen LogP contribution in [0.15, 0.2) is 0 Å². The molecule has 2 fully saturated rings. The predicted molar refractivity (Wildman–Crippen MR) is 62.7 cm³/mol. The van der Waals surface area contributed by atoms with Crippen LogP contribution in [-0.4, -0.2) is 23.8 Å². The van der Waals surface area contributed by atoms with Gasteiger partial charge in [-0.15, -0.1) is 0 Å². The van der Waals surface area contributed by atoms with E-state index in [0.717, 1.165) is 19.3 Å². The molecule has 2 N–H and O–H groups in total. The minimum atomic E-state index is 0.189. The molecule has 0 aromatic rings. The third kappa shape index (κ3) is 2.56. The van der Waals surface area contributed by atoms with Crippen LogP contribution in [0.25, 0.3) is 0 Å². The van der Waals surface area contributed by atoms with Crippen molar-refractivity contribution in [2.24, 2.45) is 11.8 Å². The summed E-state index contributed by atoms with van der Waals surface area (Å²) in [7, 11) is 0. The number of hydrogen-bond donors (Lipinski definition) is 2. The molecule has 0 aliphatic heterocycles. The maximum Gasteiger partial charge on any atom is 0.0672 e. The smallest absolute Gasteiger partial charge is 0.0672 e. The molecule has 0 aromatic carbocycles. The zero-order valence-corrected chi connectivity index (χ0v) is 9.86. The quantitative estimate of drug-likeness (QED) is 0.766. The van der Waals surface area contributed by atoms with Crippen LogP contribution < -0.4 is 5.32 Å². The third-order valence-electron chi connectivity index (χ3n) is 4.25. The Kier molecular flexibility index (Phi) is 4.20. The van der Waals surface area contributed by atoms with E-state index in [1.807, 2.05) is 0 Å². The molecule has 0 radical (unpaired) electrons. The lowest BCUT2D eigenvalue weighted by Gasteiger charge is -2.32. The Bertz CT molecular complexity index is 261. The molecule has 90 valence electrons. The average Bonchev–Trinajstić information content (AvgIpc) is 2.77. The summed E-state index contributed by atoms with van der Waals surface area (Å²) in [6.45, 7) is 0.293. The molecule has 4 atom stereocenters. The van der Waals surface area contributed by atoms with Gasteiger partial charge in [0.1, 0.15) is 0 Å². The first-order chi connectivity index (χ1) is 7.85. The minimum Gasteiger partial charge on any atom is -0.396 e. The first kappa shape index (κ1) is 11.9. The number of hydrogen-bond acceptors (Lipinski definition) is 3. The molecule has 0 spiro atoms. The summed E-state index contributed by atoms with van der Waals surface area (Å²) in [4.78, 5) is 0. The maximum atomic E-state index is 9.28. The highest BCUT2D eigenvalue weighted by Crippen LogP contribution is 2.29. The van der Waals surface area contributed by atoms with Crippen molar-refractivity contribution >= 4 is 0 Å². The Labute approximate surface area is 97.8 Å². The fourth-order valence-electron chi connectivity index (χ4n) is 3.23. The summed E-state index contributed by atoms with van der Waals surface area (Å²) in [5.74, 6) is 0.606. The van der Waals surface area contributed by atoms with Gasteiger partial charge in [0.05, 0.1) is 12.0 Å². The van der Waals surface area contributed by atoms with Crippen molar-refractivity contribution in [1.29, 1.82) is 5.26 Å². The normalized spacial score (nSPS) is 39.5. The van der Waals surface area contributed by atoms with E-state index in [1.165, 1.54) is 25.7 Å². The van der Waals surface area contributed by atoms with E-state index >= 15 is 0 Å². The Morgan fingerprint density at radius 2 is 1.81 bits per heavy atom. The number of rotatable bonds is 3. The summed E-state index contributed by atoms with van der Waals surface area (Å²) < 4.78 is 0. The van der Waals surface area contributed by atoms with E-state index in [-0.39, 0.29) is 5.92 Å².